The molecule has 0 bridgehead atoms. The first-order chi connectivity index (χ1) is 8.08. The average molecular weight is 236 g/mol. The molecule has 17 heavy (non-hydrogen) atoms. The maximum absolute atomic E-state index is 12.0. The number of hydrogen-bond acceptors (Lipinski definition) is 3. The average Bonchev–Trinajstić information content (AvgIpc) is 2.30. The van der Waals surface area contributed by atoms with Gasteiger partial charge in [-0.05, 0) is 31.5 Å². The van der Waals surface area contributed by atoms with E-state index in [9.17, 15) is 9.90 Å². The van der Waals surface area contributed by atoms with Crippen LogP contribution in [0.25, 0.3) is 0 Å². The predicted molar refractivity (Wildman–Crippen MR) is 69.0 cm³/mol. The van der Waals surface area contributed by atoms with Gasteiger partial charge in [0.05, 0.1) is 0 Å². The van der Waals surface area contributed by atoms with E-state index in [-0.39, 0.29) is 17.6 Å². The Morgan fingerprint density at radius 3 is 2.76 bits per heavy atom. The summed E-state index contributed by atoms with van der Waals surface area (Å²) in [6, 6.07) is 6.72. The molecule has 0 fully saturated rings. The topological polar surface area (TPSA) is 66.6 Å². The van der Waals surface area contributed by atoms with Crippen molar-refractivity contribution in [3.63, 3.8) is 0 Å². The summed E-state index contributed by atoms with van der Waals surface area (Å²) < 4.78 is 0. The lowest BCUT2D eigenvalue weighted by Crippen LogP contribution is -2.32. The Labute approximate surface area is 102 Å². The number of carbonyl (C=O) groups excluding carboxylic acids is 1. The molecule has 4 heteroatoms. The SMILES string of the molecule is CCN(C(=O)CC(C)CN)c1cccc(O)c1. The van der Waals surface area contributed by atoms with Crippen molar-refractivity contribution in [1.29, 1.82) is 0 Å². The van der Waals surface area contributed by atoms with E-state index < -0.39 is 0 Å². The van der Waals surface area contributed by atoms with Crippen LogP contribution in [0.2, 0.25) is 0 Å². The number of amides is 1. The molecule has 1 unspecified atom stereocenters. The zero-order chi connectivity index (χ0) is 12.8. The van der Waals surface area contributed by atoms with Crippen molar-refractivity contribution < 1.29 is 9.90 Å². The van der Waals surface area contributed by atoms with E-state index >= 15 is 0 Å². The summed E-state index contributed by atoms with van der Waals surface area (Å²) in [5.74, 6) is 0.380. The zero-order valence-electron chi connectivity index (χ0n) is 10.4. The van der Waals surface area contributed by atoms with Gasteiger partial charge in [0.25, 0.3) is 0 Å². The first-order valence-electron chi connectivity index (χ1n) is 5.88. The third-order valence-electron chi connectivity index (χ3n) is 2.68. The summed E-state index contributed by atoms with van der Waals surface area (Å²) in [7, 11) is 0. The van der Waals surface area contributed by atoms with Gasteiger partial charge in [0.1, 0.15) is 5.75 Å². The normalized spacial score (nSPS) is 12.2. The summed E-state index contributed by atoms with van der Waals surface area (Å²) in [6.07, 6.45) is 0.431. The molecule has 0 radical (unpaired) electrons. The molecule has 0 spiro atoms. The highest BCUT2D eigenvalue weighted by molar-refractivity contribution is 5.93. The Bertz CT molecular complexity index is 379. The van der Waals surface area contributed by atoms with Crippen LogP contribution < -0.4 is 10.6 Å². The van der Waals surface area contributed by atoms with Gasteiger partial charge in [-0.15, -0.1) is 0 Å². The summed E-state index contributed by atoms with van der Waals surface area (Å²) in [4.78, 5) is 13.7. The molecule has 94 valence electrons. The second kappa shape index (κ2) is 6.25. The molecule has 1 aromatic rings. The standard InChI is InChI=1S/C13H20N2O2/c1-3-15(13(17)7-10(2)9-14)11-5-4-6-12(16)8-11/h4-6,8,10,16H,3,7,9,14H2,1-2H3. The molecule has 0 aliphatic carbocycles. The van der Waals surface area contributed by atoms with Gasteiger partial charge in [0.15, 0.2) is 0 Å². The van der Waals surface area contributed by atoms with Gasteiger partial charge in [-0.3, -0.25) is 4.79 Å². The third kappa shape index (κ3) is 3.75. The Balaban J connectivity index is 2.81. The molecular weight excluding hydrogens is 216 g/mol. The third-order valence-corrected chi connectivity index (χ3v) is 2.68. The first kappa shape index (κ1) is 13.5. The number of phenols is 1. The summed E-state index contributed by atoms with van der Waals surface area (Å²) in [5, 5.41) is 9.41. The van der Waals surface area contributed by atoms with Gasteiger partial charge in [-0.2, -0.15) is 0 Å². The van der Waals surface area contributed by atoms with Crippen LogP contribution in [-0.2, 0) is 4.79 Å². The van der Waals surface area contributed by atoms with Gasteiger partial charge in [-0.25, -0.2) is 0 Å². The number of hydrogen-bond donors (Lipinski definition) is 2. The second-order valence-electron chi connectivity index (χ2n) is 4.20. The van der Waals surface area contributed by atoms with Crippen LogP contribution in [0, 0.1) is 5.92 Å². The molecule has 0 aliphatic heterocycles. The van der Waals surface area contributed by atoms with Gasteiger partial charge in [0.2, 0.25) is 5.91 Å². The fourth-order valence-electron chi connectivity index (χ4n) is 1.66. The monoisotopic (exact) mass is 236 g/mol. The number of nitrogens with two attached hydrogens (primary N) is 1. The van der Waals surface area contributed by atoms with E-state index in [1.165, 1.54) is 0 Å². The number of carbonyl (C=O) groups is 1. The molecule has 0 aromatic heterocycles. The zero-order valence-corrected chi connectivity index (χ0v) is 10.4. The number of phenolic OH excluding ortho intramolecular Hbond substituents is 1. The van der Waals surface area contributed by atoms with E-state index in [2.05, 4.69) is 0 Å². The van der Waals surface area contributed by atoms with E-state index in [0.717, 1.165) is 5.69 Å². The second-order valence-corrected chi connectivity index (χ2v) is 4.20. The van der Waals surface area contributed by atoms with Crippen molar-refractivity contribution in [2.75, 3.05) is 18.0 Å². The van der Waals surface area contributed by atoms with Crippen LogP contribution in [0.3, 0.4) is 0 Å². The molecule has 0 saturated heterocycles. The quantitative estimate of drug-likeness (QED) is 0.818. The number of aromatic hydroxyl groups is 1. The van der Waals surface area contributed by atoms with Gasteiger partial charge in [-0.1, -0.05) is 13.0 Å². The largest absolute Gasteiger partial charge is 0.508 e. The van der Waals surface area contributed by atoms with Crippen molar-refractivity contribution >= 4 is 11.6 Å². The van der Waals surface area contributed by atoms with Crippen LogP contribution in [0.5, 0.6) is 5.75 Å². The lowest BCUT2D eigenvalue weighted by atomic mass is 10.1. The van der Waals surface area contributed by atoms with Crippen molar-refractivity contribution in [3.8, 4) is 5.75 Å². The molecule has 1 amide bonds. The first-order valence-corrected chi connectivity index (χ1v) is 5.88. The van der Waals surface area contributed by atoms with E-state index in [4.69, 9.17) is 5.73 Å². The highest BCUT2D eigenvalue weighted by Gasteiger charge is 2.16. The maximum atomic E-state index is 12.0. The van der Waals surface area contributed by atoms with Crippen LogP contribution in [0.4, 0.5) is 5.69 Å². The van der Waals surface area contributed by atoms with Crippen molar-refractivity contribution in [2.45, 2.75) is 20.3 Å². The lowest BCUT2D eigenvalue weighted by Gasteiger charge is -2.22. The van der Waals surface area contributed by atoms with Gasteiger partial charge in [0, 0.05) is 24.7 Å². The van der Waals surface area contributed by atoms with Crippen LogP contribution >= 0.6 is 0 Å². The Hall–Kier alpha value is -1.55. The predicted octanol–water partition coefficient (Wildman–Crippen LogP) is 1.73. The number of nitrogens with zero attached hydrogens (tertiary/aromatic N) is 1. The molecule has 3 N–H and O–H groups in total. The lowest BCUT2D eigenvalue weighted by molar-refractivity contribution is -0.119. The fraction of sp³-hybridized carbons (Fsp3) is 0.462. The van der Waals surface area contributed by atoms with E-state index in [1.807, 2.05) is 19.9 Å². The van der Waals surface area contributed by atoms with Crippen LogP contribution in [0.15, 0.2) is 24.3 Å². The number of benzene rings is 1. The minimum atomic E-state index is 0.0380. The Morgan fingerprint density at radius 2 is 2.24 bits per heavy atom. The molecule has 1 aromatic carbocycles. The highest BCUT2D eigenvalue weighted by atomic mass is 16.3. The molecule has 1 atom stereocenters. The minimum absolute atomic E-state index is 0.0380. The smallest absolute Gasteiger partial charge is 0.227 e. The summed E-state index contributed by atoms with van der Waals surface area (Å²) >= 11 is 0. The van der Waals surface area contributed by atoms with E-state index in [1.54, 1.807) is 23.1 Å². The van der Waals surface area contributed by atoms with Crippen LogP contribution in [0.1, 0.15) is 20.3 Å². The van der Waals surface area contributed by atoms with Gasteiger partial charge >= 0.3 is 0 Å². The maximum Gasteiger partial charge on any atom is 0.227 e. The molecule has 0 heterocycles. The number of anilines is 1. The number of rotatable bonds is 5. The summed E-state index contributed by atoms with van der Waals surface area (Å²) in [5.41, 5.74) is 6.24. The van der Waals surface area contributed by atoms with Gasteiger partial charge < -0.3 is 15.7 Å². The van der Waals surface area contributed by atoms with Crippen molar-refractivity contribution in [1.82, 2.24) is 0 Å². The Kier molecular flexibility index (Phi) is 4.97. The molecule has 1 rings (SSSR count). The van der Waals surface area contributed by atoms with E-state index in [0.29, 0.717) is 19.5 Å². The highest BCUT2D eigenvalue weighted by Crippen LogP contribution is 2.21. The van der Waals surface area contributed by atoms with Crippen molar-refractivity contribution in [3.05, 3.63) is 24.3 Å². The van der Waals surface area contributed by atoms with Crippen LogP contribution in [-0.4, -0.2) is 24.1 Å². The Morgan fingerprint density at radius 1 is 1.53 bits per heavy atom. The molecule has 4 nitrogen and oxygen atoms in total. The summed E-state index contributed by atoms with van der Waals surface area (Å²) in [6.45, 7) is 4.95. The fourth-order valence-corrected chi connectivity index (χ4v) is 1.66. The minimum Gasteiger partial charge on any atom is -0.508 e. The molecule has 0 aliphatic rings. The molecular formula is C13H20N2O2. The van der Waals surface area contributed by atoms with Crippen molar-refractivity contribution in [2.24, 2.45) is 11.7 Å². The molecule has 0 saturated carbocycles.